The number of Topliss-reactive ketones (excluding diaryl/α,β-unsaturated/α-hetero) is 1. The molecule has 0 radical (unpaired) electrons. The molecule has 46 heteroatoms. The standard InChI is InChI=1S/C86H117N19O27/c1-5-6-7-8-9-10-11-12-13-14-29-66(109)97-57(33-48-40-92-55-27-20-17-23-50(48)55)80(125)100-58(35-65(89)108)81(126)102-61(38-72(118)119)82(127)105-74-46(4)132-86(131)62(34-64(107)51-24-15-18-25-52(51)87)103-85(130)73(44(2)31-69(112)113)104-83(128)63(43-106)98-68(111)41-93-77(122)59(36-70(114)115)99-75(120)45(3)95-79(124)60(37-71(116)117)101-78(123)56(96-67(110)42-94-84(74)129)28-21-30-90-76(121)53(88)32-47-39-91-54-26-19-16-22-49(47)54/h15-20,22-27,39-40,44-46,53,56-63,73-74,91-92,106H,5-14,21,28-38,41-43,87-88H2,1-4H3,(H2,89,108)(H,90,121)(H,93,122)(H,94,129)(H,95,124)(H,96,110)(H,97,109)(H,98,111)(H,99,120)(H,100,125)(H,101,123)(H,102,126)(H,103,130)(H,104,128)(H,105,127)(H,112,113)(H,114,115)(H,116,117)(H,118,119). The average Bonchev–Trinajstić information content (AvgIpc) is 1.75. The summed E-state index contributed by atoms with van der Waals surface area (Å²) < 4.78 is 5.75. The van der Waals surface area contributed by atoms with Crippen molar-refractivity contribution < 1.29 is 131 Å². The molecule has 14 atom stereocenters. The quantitative estimate of drug-likeness (QED) is 0.00790. The average molecular weight is 1850 g/mol. The highest BCUT2D eigenvalue weighted by Crippen LogP contribution is 2.23. The zero-order chi connectivity index (χ0) is 97.4. The summed E-state index contributed by atoms with van der Waals surface area (Å²) in [4.78, 5) is 297. The maximum absolute atomic E-state index is 15.1. The van der Waals surface area contributed by atoms with E-state index in [4.69, 9.17) is 21.9 Å². The summed E-state index contributed by atoms with van der Waals surface area (Å²) in [6.45, 7) is 0.896. The Morgan fingerprint density at radius 2 is 0.992 bits per heavy atom. The third kappa shape index (κ3) is 35.2. The molecule has 1 aliphatic heterocycles. The molecule has 2 aromatic heterocycles. The molecule has 3 aromatic carbocycles. The lowest BCUT2D eigenvalue weighted by Crippen LogP contribution is -2.62. The van der Waals surface area contributed by atoms with Crippen LogP contribution >= 0.6 is 0 Å². The number of fused-ring (bicyclic) bond motifs is 2. The summed E-state index contributed by atoms with van der Waals surface area (Å²) in [6.07, 6.45) is 2.28. The molecule has 3 heterocycles. The first-order chi connectivity index (χ1) is 62.7. The van der Waals surface area contributed by atoms with Gasteiger partial charge in [0.15, 0.2) is 5.78 Å². The molecule has 0 spiro atoms. The number of nitrogens with two attached hydrogens (primary N) is 3. The number of ether oxygens (including phenoxy) is 1. The van der Waals surface area contributed by atoms with Crippen LogP contribution in [-0.4, -0.2) is 265 Å². The smallest absolute Gasteiger partial charge is 0.329 e. The van der Waals surface area contributed by atoms with E-state index in [2.05, 4.69) is 75.4 Å². The zero-order valence-electron chi connectivity index (χ0n) is 73.3. The Hall–Kier alpha value is -14.5. The number of aliphatic carboxylic acids is 4. The van der Waals surface area contributed by atoms with Crippen molar-refractivity contribution in [1.82, 2.24) is 84.4 Å². The number of para-hydroxylation sites is 3. The van der Waals surface area contributed by atoms with Gasteiger partial charge < -0.3 is 132 Å². The Morgan fingerprint density at radius 1 is 0.492 bits per heavy atom. The summed E-state index contributed by atoms with van der Waals surface area (Å²) >= 11 is 0. The summed E-state index contributed by atoms with van der Waals surface area (Å²) in [5.41, 5.74) is 20.2. The van der Waals surface area contributed by atoms with Crippen LogP contribution < -0.4 is 91.6 Å². The van der Waals surface area contributed by atoms with Crippen LogP contribution in [0.1, 0.15) is 171 Å². The molecule has 1 saturated heterocycles. The zero-order valence-corrected chi connectivity index (χ0v) is 73.3. The van der Waals surface area contributed by atoms with Gasteiger partial charge >= 0.3 is 29.8 Å². The van der Waals surface area contributed by atoms with Gasteiger partial charge in [-0.1, -0.05) is 120 Å². The molecule has 27 N–H and O–H groups in total. The number of carbonyl (C=O) groups excluding carboxylic acids is 17. The van der Waals surface area contributed by atoms with Gasteiger partial charge in [0.2, 0.25) is 88.6 Å². The number of hydrogen-bond acceptors (Lipinski definition) is 25. The van der Waals surface area contributed by atoms with Gasteiger partial charge in [0.25, 0.3) is 0 Å². The van der Waals surface area contributed by atoms with Crippen LogP contribution in [0.2, 0.25) is 0 Å². The molecule has 1 fully saturated rings. The number of carboxylic acids is 4. The molecule has 132 heavy (non-hydrogen) atoms. The highest BCUT2D eigenvalue weighted by molar-refractivity contribution is 6.05. The second kappa shape index (κ2) is 53.5. The van der Waals surface area contributed by atoms with E-state index in [-0.39, 0.29) is 43.5 Å². The SMILES string of the molecule is CCCCCCCCCCCCC(=O)NC(Cc1c[nH]c2ccccc12)C(=O)NC(CC(N)=O)C(=O)NC(CC(=O)O)C(=O)NC1C(=O)NCC(=O)NC(CCCNC(=O)C(N)Cc2c[nH]c3ccccc23)C(=O)NC(CC(=O)O)C(=O)NC(C)C(=O)NC(CC(=O)O)C(=O)NCC(=O)NC(CO)C(=O)NC(C(C)CC(=O)O)C(=O)NC(CC(=O)c2ccccc2N)C(=O)OC1C. The van der Waals surface area contributed by atoms with Crippen molar-refractivity contribution in [3.63, 3.8) is 0 Å². The van der Waals surface area contributed by atoms with Crippen LogP contribution in [0.4, 0.5) is 5.69 Å². The number of aromatic amines is 2. The van der Waals surface area contributed by atoms with Gasteiger partial charge in [-0.15, -0.1) is 0 Å². The summed E-state index contributed by atoms with van der Waals surface area (Å²) in [5, 5.41) is 82.9. The molecule has 0 bridgehead atoms. The number of primary amides is 1. The Kier molecular flexibility index (Phi) is 43.1. The van der Waals surface area contributed by atoms with Gasteiger partial charge in [0.1, 0.15) is 72.6 Å². The Labute approximate surface area is 756 Å². The topological polar surface area (TPSA) is 747 Å². The molecule has 0 saturated carbocycles. The fraction of sp³-hybridized carbons (Fsp3) is 0.500. The lowest BCUT2D eigenvalue weighted by Gasteiger charge is -2.30. The number of rotatable bonds is 42. The van der Waals surface area contributed by atoms with Crippen LogP contribution in [0.25, 0.3) is 21.8 Å². The van der Waals surface area contributed by atoms with Gasteiger partial charge in [0.05, 0.1) is 57.8 Å². The van der Waals surface area contributed by atoms with Crippen LogP contribution in [0, 0.1) is 5.92 Å². The predicted molar refractivity (Wildman–Crippen MR) is 468 cm³/mol. The van der Waals surface area contributed by atoms with E-state index in [0.717, 1.165) is 83.0 Å². The normalized spacial score (nSPS) is 20.2. The van der Waals surface area contributed by atoms with E-state index in [1.807, 2.05) is 16.0 Å². The van der Waals surface area contributed by atoms with E-state index >= 15 is 9.59 Å². The molecule has 6 rings (SSSR count). The van der Waals surface area contributed by atoms with E-state index in [9.17, 15) is 117 Å². The Balaban J connectivity index is 1.41. The molecule has 718 valence electrons. The number of amides is 15. The van der Waals surface area contributed by atoms with Gasteiger partial charge in [-0.25, -0.2) is 4.79 Å². The molecule has 46 nitrogen and oxygen atoms in total. The predicted octanol–water partition coefficient (Wildman–Crippen LogP) is -3.24. The number of aliphatic hydroxyl groups is 1. The van der Waals surface area contributed by atoms with Crippen LogP contribution in [0.3, 0.4) is 0 Å². The number of unbranched alkanes of at least 4 members (excludes halogenated alkanes) is 9. The van der Waals surface area contributed by atoms with Crippen molar-refractivity contribution in [2.24, 2.45) is 17.4 Å². The van der Waals surface area contributed by atoms with E-state index in [1.165, 1.54) is 24.3 Å². The minimum Gasteiger partial charge on any atom is -0.481 e. The van der Waals surface area contributed by atoms with Crippen molar-refractivity contribution in [2.45, 2.75) is 241 Å². The van der Waals surface area contributed by atoms with E-state index < -0.39 is 273 Å². The Morgan fingerprint density at radius 3 is 1.56 bits per heavy atom. The van der Waals surface area contributed by atoms with Crippen molar-refractivity contribution in [3.8, 4) is 0 Å². The number of aliphatic hydroxyl groups excluding tert-OH is 1. The van der Waals surface area contributed by atoms with Gasteiger partial charge in [-0.05, 0) is 80.8 Å². The van der Waals surface area contributed by atoms with Gasteiger partial charge in [-0.3, -0.25) is 95.9 Å². The third-order valence-corrected chi connectivity index (χ3v) is 21.3. The van der Waals surface area contributed by atoms with Crippen molar-refractivity contribution in [2.75, 3.05) is 32.0 Å². The van der Waals surface area contributed by atoms with Crippen LogP contribution in [-0.2, 0) is 113 Å². The monoisotopic (exact) mass is 1850 g/mol. The first-order valence-electron chi connectivity index (χ1n) is 43.0. The number of aromatic nitrogens is 2. The number of carboxylic acid groups (broad SMARTS) is 4. The number of esters is 1. The summed E-state index contributed by atoms with van der Waals surface area (Å²) in [6, 6.07) is -5.17. The van der Waals surface area contributed by atoms with Gasteiger partial charge in [-0.2, -0.15) is 0 Å². The number of H-pyrrole nitrogens is 2. The highest BCUT2D eigenvalue weighted by Gasteiger charge is 2.42. The number of carbonyl (C=O) groups is 21. The molecule has 5 aromatic rings. The maximum atomic E-state index is 15.1. The van der Waals surface area contributed by atoms with Crippen LogP contribution in [0.5, 0.6) is 0 Å². The minimum atomic E-state index is -2.51. The summed E-state index contributed by atoms with van der Waals surface area (Å²) in [7, 11) is 0. The van der Waals surface area contributed by atoms with Crippen molar-refractivity contribution in [1.29, 1.82) is 0 Å². The van der Waals surface area contributed by atoms with Crippen molar-refractivity contribution in [3.05, 3.63) is 102 Å². The van der Waals surface area contributed by atoms with Gasteiger partial charge in [0, 0.05) is 71.3 Å². The number of ketones is 1. The largest absolute Gasteiger partial charge is 0.481 e. The van der Waals surface area contributed by atoms with E-state index in [0.29, 0.717) is 34.9 Å². The fourth-order valence-corrected chi connectivity index (χ4v) is 14.2. The number of hydrogen-bond donors (Lipinski definition) is 24. The molecule has 14 unspecified atom stereocenters. The van der Waals surface area contributed by atoms with Crippen LogP contribution in [0.15, 0.2) is 85.2 Å². The lowest BCUT2D eigenvalue weighted by atomic mass is 9.96. The number of benzene rings is 3. The highest BCUT2D eigenvalue weighted by atomic mass is 16.5. The minimum absolute atomic E-state index is 0.0222. The molecule has 1 aliphatic rings. The molecular weight excluding hydrogens is 1730 g/mol. The van der Waals surface area contributed by atoms with E-state index in [1.54, 1.807) is 60.9 Å². The maximum Gasteiger partial charge on any atom is 0.329 e. The lowest BCUT2D eigenvalue weighted by molar-refractivity contribution is -0.156. The molecular formula is C86H117N19O27. The molecule has 0 aliphatic carbocycles. The number of anilines is 1. The third-order valence-electron chi connectivity index (χ3n) is 21.3. The number of cyclic esters (lactones) is 1. The first-order valence-corrected chi connectivity index (χ1v) is 43.0. The van der Waals surface area contributed by atoms with Crippen molar-refractivity contribution >= 4 is 152 Å². The number of nitrogen functional groups attached to an aromatic ring is 1. The fourth-order valence-electron chi connectivity index (χ4n) is 14.2. The number of nitrogens with one attached hydrogen (secondary N) is 16. The summed E-state index contributed by atoms with van der Waals surface area (Å²) in [5.74, 6) is -31.0. The molecule has 15 amide bonds. The Bertz CT molecular complexity index is 4980. The second-order valence-corrected chi connectivity index (χ2v) is 32.0. The first kappa shape index (κ1) is 106. The second-order valence-electron chi connectivity index (χ2n) is 32.0.